The van der Waals surface area contributed by atoms with Crippen LogP contribution in [-0.2, 0) is 16.0 Å². The molecular weight excluding hydrogens is 466 g/mol. The monoisotopic (exact) mass is 501 g/mol. The summed E-state index contributed by atoms with van der Waals surface area (Å²) in [7, 11) is 1.59. The van der Waals surface area contributed by atoms with Gasteiger partial charge in [0, 0.05) is 24.7 Å². The third-order valence-electron chi connectivity index (χ3n) is 6.90. The summed E-state index contributed by atoms with van der Waals surface area (Å²) in [5.74, 6) is 1.51. The van der Waals surface area contributed by atoms with Crippen molar-refractivity contribution in [3.63, 3.8) is 0 Å². The molecule has 0 saturated carbocycles. The first-order valence-electron chi connectivity index (χ1n) is 12.5. The second kappa shape index (κ2) is 11.0. The number of rotatable bonds is 7. The molecule has 2 unspecified atom stereocenters. The second-order valence-corrected chi connectivity index (χ2v) is 9.68. The number of fused-ring (bicyclic) bond motifs is 1. The maximum atomic E-state index is 13.2. The second-order valence-electron chi connectivity index (χ2n) is 9.68. The van der Waals surface area contributed by atoms with Crippen molar-refractivity contribution in [3.05, 3.63) is 82.4 Å². The van der Waals surface area contributed by atoms with Crippen LogP contribution in [0.15, 0.2) is 54.6 Å². The topological polar surface area (TPSA) is 93.9 Å². The molecule has 3 N–H and O–H groups in total. The zero-order chi connectivity index (χ0) is 26.7. The molecule has 7 nitrogen and oxygen atoms in total. The normalized spacial score (nSPS) is 15.5. The number of para-hydroxylation sites is 2. The third-order valence-corrected chi connectivity index (χ3v) is 6.90. The Morgan fingerprint density at radius 3 is 2.38 bits per heavy atom. The number of hydrogen-bond acceptors (Lipinski definition) is 5. The molecule has 2 atom stereocenters. The molecule has 0 bridgehead atoms. The van der Waals surface area contributed by atoms with Gasteiger partial charge in [-0.2, -0.15) is 0 Å². The van der Waals surface area contributed by atoms with E-state index in [0.29, 0.717) is 36.6 Å². The predicted molar refractivity (Wildman–Crippen MR) is 145 cm³/mol. The third kappa shape index (κ3) is 5.78. The van der Waals surface area contributed by atoms with Crippen molar-refractivity contribution in [3.8, 4) is 17.2 Å². The lowest BCUT2D eigenvalue weighted by atomic mass is 9.93. The number of nitrogens with two attached hydrogens (primary N) is 1. The Hall–Kier alpha value is -3.84. The van der Waals surface area contributed by atoms with Gasteiger partial charge in [-0.05, 0) is 80.6 Å². The number of hydrogen-bond donors (Lipinski definition) is 2. The molecule has 3 aromatic rings. The Balaban J connectivity index is 1.58. The molecule has 1 heterocycles. The Morgan fingerprint density at radius 1 is 1.05 bits per heavy atom. The summed E-state index contributed by atoms with van der Waals surface area (Å²) >= 11 is 0. The molecular formula is C30H35N3O4. The standard InChI is InChI=1S/C30H35N3O4/c1-18-14-19(2)23(20(3)15-18)17-25(31)30(35)32-26-12-13-33(21(4)34)27-11-10-22(16-24(26)27)37-29-9-7-6-8-28(29)36-5/h6-11,14-16,25-26H,12-13,17,31H2,1-5H3,(H,32,35). The quantitative estimate of drug-likeness (QED) is 0.480. The van der Waals surface area contributed by atoms with E-state index < -0.39 is 6.04 Å². The lowest BCUT2D eigenvalue weighted by Gasteiger charge is -2.35. The fourth-order valence-electron chi connectivity index (χ4n) is 5.09. The number of nitrogens with zero attached hydrogens (tertiary/aromatic N) is 1. The van der Waals surface area contributed by atoms with E-state index in [0.717, 1.165) is 27.9 Å². The highest BCUT2D eigenvalue weighted by molar-refractivity contribution is 5.93. The SMILES string of the molecule is COc1ccccc1Oc1ccc2c(c1)C(NC(=O)C(N)Cc1c(C)cc(C)cc1C)CCN2C(C)=O. The van der Waals surface area contributed by atoms with E-state index >= 15 is 0 Å². The van der Waals surface area contributed by atoms with Gasteiger partial charge in [0.15, 0.2) is 11.5 Å². The van der Waals surface area contributed by atoms with Crippen LogP contribution in [0, 0.1) is 20.8 Å². The van der Waals surface area contributed by atoms with Crippen molar-refractivity contribution in [1.82, 2.24) is 5.32 Å². The van der Waals surface area contributed by atoms with Crippen molar-refractivity contribution < 1.29 is 19.1 Å². The lowest BCUT2D eigenvalue weighted by Crippen LogP contribution is -2.46. The summed E-state index contributed by atoms with van der Waals surface area (Å²) in [6, 6.07) is 16.2. The number of nitrogens with one attached hydrogen (secondary N) is 1. The van der Waals surface area contributed by atoms with E-state index in [4.69, 9.17) is 15.2 Å². The minimum absolute atomic E-state index is 0.0496. The minimum Gasteiger partial charge on any atom is -0.493 e. The van der Waals surface area contributed by atoms with Crippen LogP contribution in [0.3, 0.4) is 0 Å². The molecule has 0 fully saturated rings. The highest BCUT2D eigenvalue weighted by Crippen LogP contribution is 2.39. The fourth-order valence-corrected chi connectivity index (χ4v) is 5.09. The highest BCUT2D eigenvalue weighted by atomic mass is 16.5. The molecule has 0 radical (unpaired) electrons. The van der Waals surface area contributed by atoms with E-state index in [9.17, 15) is 9.59 Å². The molecule has 1 aliphatic heterocycles. The fraction of sp³-hybridized carbons (Fsp3) is 0.333. The average molecular weight is 502 g/mol. The summed E-state index contributed by atoms with van der Waals surface area (Å²) in [5.41, 5.74) is 12.5. The van der Waals surface area contributed by atoms with Gasteiger partial charge in [-0.3, -0.25) is 9.59 Å². The van der Waals surface area contributed by atoms with Gasteiger partial charge in [-0.25, -0.2) is 0 Å². The van der Waals surface area contributed by atoms with Crippen LogP contribution >= 0.6 is 0 Å². The number of methoxy groups -OCH3 is 1. The van der Waals surface area contributed by atoms with Gasteiger partial charge in [0.05, 0.1) is 19.2 Å². The van der Waals surface area contributed by atoms with Crippen LogP contribution in [-0.4, -0.2) is 31.5 Å². The average Bonchev–Trinajstić information content (AvgIpc) is 2.86. The molecule has 37 heavy (non-hydrogen) atoms. The Labute approximate surface area is 218 Å². The number of carbonyl (C=O) groups excluding carboxylic acids is 2. The van der Waals surface area contributed by atoms with Gasteiger partial charge in [0.25, 0.3) is 0 Å². The first-order chi connectivity index (χ1) is 17.7. The molecule has 0 spiro atoms. The molecule has 0 aromatic heterocycles. The number of ether oxygens (including phenoxy) is 2. The van der Waals surface area contributed by atoms with Crippen molar-refractivity contribution in [2.45, 2.75) is 52.6 Å². The summed E-state index contributed by atoms with van der Waals surface area (Å²) in [6.45, 7) is 8.22. The Morgan fingerprint density at radius 2 is 1.73 bits per heavy atom. The van der Waals surface area contributed by atoms with Crippen LogP contribution in [0.1, 0.15) is 47.2 Å². The van der Waals surface area contributed by atoms with Crippen molar-refractivity contribution >= 4 is 17.5 Å². The van der Waals surface area contributed by atoms with E-state index in [1.807, 2.05) is 42.5 Å². The molecule has 0 saturated heterocycles. The predicted octanol–water partition coefficient (Wildman–Crippen LogP) is 4.90. The minimum atomic E-state index is -0.692. The molecule has 0 aliphatic carbocycles. The molecule has 4 rings (SSSR count). The van der Waals surface area contributed by atoms with Gasteiger partial charge < -0.3 is 25.4 Å². The van der Waals surface area contributed by atoms with Crippen LogP contribution in [0.4, 0.5) is 5.69 Å². The first kappa shape index (κ1) is 26.2. The first-order valence-corrected chi connectivity index (χ1v) is 12.5. The van der Waals surface area contributed by atoms with Gasteiger partial charge in [-0.1, -0.05) is 29.8 Å². The smallest absolute Gasteiger partial charge is 0.237 e. The Bertz CT molecular complexity index is 1300. The van der Waals surface area contributed by atoms with E-state index in [2.05, 4.69) is 38.2 Å². The summed E-state index contributed by atoms with van der Waals surface area (Å²) in [6.07, 6.45) is 1.03. The van der Waals surface area contributed by atoms with Crippen LogP contribution in [0.5, 0.6) is 17.2 Å². The zero-order valence-corrected chi connectivity index (χ0v) is 22.1. The molecule has 3 aromatic carbocycles. The summed E-state index contributed by atoms with van der Waals surface area (Å²) < 4.78 is 11.5. The largest absolute Gasteiger partial charge is 0.493 e. The van der Waals surface area contributed by atoms with Gasteiger partial charge in [-0.15, -0.1) is 0 Å². The highest BCUT2D eigenvalue weighted by Gasteiger charge is 2.30. The summed E-state index contributed by atoms with van der Waals surface area (Å²) in [4.78, 5) is 27.3. The number of benzene rings is 3. The number of aryl methyl sites for hydroxylation is 3. The van der Waals surface area contributed by atoms with Gasteiger partial charge in [0.1, 0.15) is 5.75 Å². The molecule has 7 heteroatoms. The van der Waals surface area contributed by atoms with Crippen LogP contribution < -0.4 is 25.4 Å². The van der Waals surface area contributed by atoms with Gasteiger partial charge >= 0.3 is 0 Å². The molecule has 1 aliphatic rings. The lowest BCUT2D eigenvalue weighted by molar-refractivity contribution is -0.123. The van der Waals surface area contributed by atoms with Gasteiger partial charge in [0.2, 0.25) is 11.8 Å². The van der Waals surface area contributed by atoms with E-state index in [1.165, 1.54) is 5.56 Å². The van der Waals surface area contributed by atoms with Crippen molar-refractivity contribution in [1.29, 1.82) is 0 Å². The molecule has 2 amide bonds. The van der Waals surface area contributed by atoms with Crippen LogP contribution in [0.2, 0.25) is 0 Å². The maximum absolute atomic E-state index is 13.2. The van der Waals surface area contributed by atoms with Crippen molar-refractivity contribution in [2.75, 3.05) is 18.6 Å². The zero-order valence-electron chi connectivity index (χ0n) is 22.1. The van der Waals surface area contributed by atoms with E-state index in [-0.39, 0.29) is 17.9 Å². The maximum Gasteiger partial charge on any atom is 0.237 e. The van der Waals surface area contributed by atoms with E-state index in [1.54, 1.807) is 18.9 Å². The number of amides is 2. The summed E-state index contributed by atoms with van der Waals surface area (Å²) in [5, 5.41) is 3.14. The van der Waals surface area contributed by atoms with Crippen molar-refractivity contribution in [2.24, 2.45) is 5.73 Å². The Kier molecular flexibility index (Phi) is 7.83. The number of anilines is 1. The molecule has 194 valence electrons. The van der Waals surface area contributed by atoms with Crippen LogP contribution in [0.25, 0.3) is 0 Å². The number of carbonyl (C=O) groups is 2.